The SMILES string of the molecule is Cl.N[C@@H](c1cc(Cl)ccc1O)C1CCNCC1. The quantitative estimate of drug-likeness (QED) is 0.778. The highest BCUT2D eigenvalue weighted by Crippen LogP contribution is 2.33. The molecule has 17 heavy (non-hydrogen) atoms. The highest BCUT2D eigenvalue weighted by Gasteiger charge is 2.23. The van der Waals surface area contributed by atoms with Crippen molar-refractivity contribution >= 4 is 24.0 Å². The van der Waals surface area contributed by atoms with Crippen molar-refractivity contribution in [2.24, 2.45) is 11.7 Å². The number of rotatable bonds is 2. The van der Waals surface area contributed by atoms with Gasteiger partial charge in [-0.3, -0.25) is 0 Å². The van der Waals surface area contributed by atoms with Gasteiger partial charge in [0, 0.05) is 16.6 Å². The van der Waals surface area contributed by atoms with Gasteiger partial charge in [-0.2, -0.15) is 0 Å². The smallest absolute Gasteiger partial charge is 0.120 e. The Balaban J connectivity index is 0.00000144. The molecule has 1 aromatic carbocycles. The number of halogens is 2. The van der Waals surface area contributed by atoms with Crippen molar-refractivity contribution in [1.82, 2.24) is 5.32 Å². The molecule has 2 rings (SSSR count). The van der Waals surface area contributed by atoms with Crippen LogP contribution in [-0.4, -0.2) is 18.2 Å². The molecule has 5 heteroatoms. The van der Waals surface area contributed by atoms with Crippen molar-refractivity contribution in [2.45, 2.75) is 18.9 Å². The van der Waals surface area contributed by atoms with Crippen LogP contribution < -0.4 is 11.1 Å². The summed E-state index contributed by atoms with van der Waals surface area (Å²) in [6.07, 6.45) is 2.10. The van der Waals surface area contributed by atoms with E-state index in [1.807, 2.05) is 0 Å². The average molecular weight is 277 g/mol. The number of nitrogens with two attached hydrogens (primary N) is 1. The van der Waals surface area contributed by atoms with Crippen molar-refractivity contribution in [3.05, 3.63) is 28.8 Å². The number of hydrogen-bond donors (Lipinski definition) is 3. The zero-order valence-electron chi connectivity index (χ0n) is 9.53. The van der Waals surface area contributed by atoms with Gasteiger partial charge in [0.1, 0.15) is 5.75 Å². The lowest BCUT2D eigenvalue weighted by atomic mass is 9.86. The van der Waals surface area contributed by atoms with Gasteiger partial charge in [0.15, 0.2) is 0 Å². The first kappa shape index (κ1) is 14.6. The predicted molar refractivity (Wildman–Crippen MR) is 72.9 cm³/mol. The third-order valence-electron chi connectivity index (χ3n) is 3.24. The summed E-state index contributed by atoms with van der Waals surface area (Å²) in [4.78, 5) is 0. The molecule has 0 saturated carbocycles. The lowest BCUT2D eigenvalue weighted by Crippen LogP contribution is -2.33. The molecule has 0 radical (unpaired) electrons. The summed E-state index contributed by atoms with van der Waals surface area (Å²) in [6.45, 7) is 2.00. The summed E-state index contributed by atoms with van der Waals surface area (Å²) in [5.74, 6) is 0.668. The monoisotopic (exact) mass is 276 g/mol. The maximum absolute atomic E-state index is 9.78. The minimum Gasteiger partial charge on any atom is -0.508 e. The van der Waals surface area contributed by atoms with Crippen molar-refractivity contribution in [1.29, 1.82) is 0 Å². The van der Waals surface area contributed by atoms with Crippen LogP contribution in [0.4, 0.5) is 0 Å². The molecule has 1 atom stereocenters. The third-order valence-corrected chi connectivity index (χ3v) is 3.48. The number of piperidine rings is 1. The minimum atomic E-state index is -0.124. The average Bonchev–Trinajstić information content (AvgIpc) is 2.32. The van der Waals surface area contributed by atoms with E-state index in [0.29, 0.717) is 10.9 Å². The van der Waals surface area contributed by atoms with Gasteiger partial charge in [-0.1, -0.05) is 11.6 Å². The lowest BCUT2D eigenvalue weighted by molar-refractivity contribution is 0.316. The molecule has 0 spiro atoms. The van der Waals surface area contributed by atoms with Crippen LogP contribution in [0.3, 0.4) is 0 Å². The Morgan fingerprint density at radius 1 is 1.35 bits per heavy atom. The van der Waals surface area contributed by atoms with E-state index in [1.54, 1.807) is 18.2 Å². The molecule has 0 amide bonds. The molecule has 0 unspecified atom stereocenters. The van der Waals surface area contributed by atoms with Crippen LogP contribution >= 0.6 is 24.0 Å². The van der Waals surface area contributed by atoms with Crippen LogP contribution in [0.2, 0.25) is 5.02 Å². The van der Waals surface area contributed by atoms with Crippen LogP contribution in [0.25, 0.3) is 0 Å². The number of phenols is 1. The summed E-state index contributed by atoms with van der Waals surface area (Å²) < 4.78 is 0. The topological polar surface area (TPSA) is 58.3 Å². The Morgan fingerprint density at radius 3 is 2.65 bits per heavy atom. The zero-order valence-corrected chi connectivity index (χ0v) is 11.1. The van der Waals surface area contributed by atoms with Gasteiger partial charge in [0.2, 0.25) is 0 Å². The van der Waals surface area contributed by atoms with Gasteiger partial charge in [0.05, 0.1) is 0 Å². The van der Waals surface area contributed by atoms with E-state index in [2.05, 4.69) is 5.32 Å². The molecule has 0 bridgehead atoms. The summed E-state index contributed by atoms with van der Waals surface area (Å²) in [6, 6.07) is 4.93. The van der Waals surface area contributed by atoms with Crippen molar-refractivity contribution in [2.75, 3.05) is 13.1 Å². The van der Waals surface area contributed by atoms with Gasteiger partial charge in [-0.25, -0.2) is 0 Å². The maximum Gasteiger partial charge on any atom is 0.120 e. The van der Waals surface area contributed by atoms with Crippen LogP contribution in [-0.2, 0) is 0 Å². The molecule has 96 valence electrons. The molecule has 1 aliphatic rings. The highest BCUT2D eigenvalue weighted by atomic mass is 35.5. The fourth-order valence-corrected chi connectivity index (χ4v) is 2.43. The van der Waals surface area contributed by atoms with Crippen LogP contribution in [0.15, 0.2) is 18.2 Å². The van der Waals surface area contributed by atoms with Gasteiger partial charge < -0.3 is 16.2 Å². The van der Waals surface area contributed by atoms with E-state index in [9.17, 15) is 5.11 Å². The summed E-state index contributed by atoms with van der Waals surface area (Å²) in [7, 11) is 0. The van der Waals surface area contributed by atoms with E-state index in [0.717, 1.165) is 31.5 Å². The van der Waals surface area contributed by atoms with Gasteiger partial charge in [-0.15, -0.1) is 12.4 Å². The second-order valence-corrected chi connectivity index (χ2v) is 4.75. The van der Waals surface area contributed by atoms with Crippen molar-refractivity contribution in [3.63, 3.8) is 0 Å². The van der Waals surface area contributed by atoms with Crippen LogP contribution in [0.1, 0.15) is 24.4 Å². The van der Waals surface area contributed by atoms with Gasteiger partial charge >= 0.3 is 0 Å². The van der Waals surface area contributed by atoms with Crippen LogP contribution in [0, 0.1) is 5.92 Å². The first-order valence-corrected chi connectivity index (χ1v) is 6.01. The number of hydrogen-bond acceptors (Lipinski definition) is 3. The number of phenolic OH excluding ortho intramolecular Hbond substituents is 1. The normalized spacial score (nSPS) is 18.5. The largest absolute Gasteiger partial charge is 0.508 e. The van der Waals surface area contributed by atoms with E-state index in [4.69, 9.17) is 17.3 Å². The summed E-state index contributed by atoms with van der Waals surface area (Å²) in [5, 5.41) is 13.7. The number of aromatic hydroxyl groups is 1. The molecule has 3 nitrogen and oxygen atoms in total. The van der Waals surface area contributed by atoms with E-state index in [-0.39, 0.29) is 24.2 Å². The predicted octanol–water partition coefficient (Wildman–Crippen LogP) is 2.47. The standard InChI is InChI=1S/C12H17ClN2O.ClH/c13-9-1-2-11(16)10(7-9)12(14)8-3-5-15-6-4-8;/h1-2,7-8,12,15-16H,3-6,14H2;1H/t12-;/m1./s1. The fourth-order valence-electron chi connectivity index (χ4n) is 2.25. The third kappa shape index (κ3) is 3.49. The molecule has 1 aliphatic heterocycles. The molecule has 1 saturated heterocycles. The van der Waals surface area contributed by atoms with Gasteiger partial charge in [0.25, 0.3) is 0 Å². The minimum absolute atomic E-state index is 0. The molecule has 1 heterocycles. The molecule has 4 N–H and O–H groups in total. The first-order valence-electron chi connectivity index (χ1n) is 5.63. The second-order valence-electron chi connectivity index (χ2n) is 4.32. The van der Waals surface area contributed by atoms with E-state index in [1.165, 1.54) is 0 Å². The number of nitrogens with one attached hydrogen (secondary N) is 1. The van der Waals surface area contributed by atoms with Crippen LogP contribution in [0.5, 0.6) is 5.75 Å². The molecule has 0 aliphatic carbocycles. The van der Waals surface area contributed by atoms with Crippen molar-refractivity contribution in [3.8, 4) is 5.75 Å². The van der Waals surface area contributed by atoms with E-state index >= 15 is 0 Å². The molecule has 1 fully saturated rings. The Kier molecular flexibility index (Phi) is 5.53. The molecular formula is C12H18Cl2N2O. The Labute approximate surface area is 113 Å². The maximum atomic E-state index is 9.78. The van der Waals surface area contributed by atoms with E-state index < -0.39 is 0 Å². The fraction of sp³-hybridized carbons (Fsp3) is 0.500. The molecular weight excluding hydrogens is 259 g/mol. The Bertz CT molecular complexity index is 368. The molecule has 1 aromatic rings. The molecule has 0 aromatic heterocycles. The lowest BCUT2D eigenvalue weighted by Gasteiger charge is -2.28. The second kappa shape index (κ2) is 6.45. The van der Waals surface area contributed by atoms with Gasteiger partial charge in [-0.05, 0) is 50.0 Å². The summed E-state index contributed by atoms with van der Waals surface area (Å²) >= 11 is 5.92. The van der Waals surface area contributed by atoms with Crippen molar-refractivity contribution < 1.29 is 5.11 Å². The summed E-state index contributed by atoms with van der Waals surface area (Å²) in [5.41, 5.74) is 6.96. The Hall–Kier alpha value is -0.480. The zero-order chi connectivity index (χ0) is 11.5. The first-order chi connectivity index (χ1) is 7.68. The highest BCUT2D eigenvalue weighted by molar-refractivity contribution is 6.30. The number of benzene rings is 1. The Morgan fingerprint density at radius 2 is 2.00 bits per heavy atom.